The Morgan fingerprint density at radius 3 is 2.32 bits per heavy atom. The average molecular weight is 522 g/mol. The van der Waals surface area contributed by atoms with Crippen molar-refractivity contribution < 1.29 is 17.2 Å². The fraction of sp³-hybridized carbons (Fsp3) is 0.185. The van der Waals surface area contributed by atoms with E-state index in [1.807, 2.05) is 30.3 Å². The highest BCUT2D eigenvalue weighted by Gasteiger charge is 2.30. The minimum absolute atomic E-state index is 0.0419. The monoisotopic (exact) mass is 521 g/mol. The number of hydrogen-bond acceptors (Lipinski definition) is 5. The average Bonchev–Trinajstić information content (AvgIpc) is 3.49. The van der Waals surface area contributed by atoms with Gasteiger partial charge in [-0.25, -0.2) is 27.2 Å². The maximum Gasteiger partial charge on any atom is 0.175 e. The number of imidazole rings is 2. The highest BCUT2D eigenvalue weighted by atomic mass is 32.2. The van der Waals surface area contributed by atoms with E-state index in [0.717, 1.165) is 5.56 Å². The zero-order valence-corrected chi connectivity index (χ0v) is 21.0. The highest BCUT2D eigenvalue weighted by Crippen LogP contribution is 2.36. The third-order valence-corrected chi connectivity index (χ3v) is 8.85. The minimum Gasteiger partial charge on any atom is -0.337 e. The van der Waals surface area contributed by atoms with Crippen molar-refractivity contribution in [1.82, 2.24) is 19.5 Å². The third-order valence-electron chi connectivity index (χ3n) is 6.36. The third kappa shape index (κ3) is 4.32. The van der Waals surface area contributed by atoms with Gasteiger partial charge < -0.3 is 15.3 Å². The van der Waals surface area contributed by atoms with E-state index in [0.29, 0.717) is 28.0 Å². The molecular formula is C27H25F2N5O2S. The lowest BCUT2D eigenvalue weighted by Crippen LogP contribution is -2.32. The molecule has 190 valence electrons. The minimum atomic E-state index is -3.58. The molecular weight excluding hydrogens is 496 g/mol. The van der Waals surface area contributed by atoms with Gasteiger partial charge in [0.15, 0.2) is 9.84 Å². The van der Waals surface area contributed by atoms with Crippen LogP contribution in [0.2, 0.25) is 0 Å². The van der Waals surface area contributed by atoms with E-state index in [1.165, 1.54) is 24.5 Å². The summed E-state index contributed by atoms with van der Waals surface area (Å²) in [5.41, 5.74) is 9.18. The highest BCUT2D eigenvalue weighted by molar-refractivity contribution is 7.92. The van der Waals surface area contributed by atoms with Crippen molar-refractivity contribution >= 4 is 20.9 Å². The van der Waals surface area contributed by atoms with Crippen LogP contribution in [0, 0.1) is 11.6 Å². The van der Waals surface area contributed by atoms with Crippen molar-refractivity contribution in [3.8, 4) is 33.9 Å². The molecule has 0 aliphatic heterocycles. The Labute approximate surface area is 212 Å². The van der Waals surface area contributed by atoms with Gasteiger partial charge in [-0.2, -0.15) is 0 Å². The molecule has 2 heterocycles. The predicted octanol–water partition coefficient (Wildman–Crippen LogP) is 5.32. The maximum absolute atomic E-state index is 14.6. The number of aromatic nitrogens is 4. The van der Waals surface area contributed by atoms with E-state index < -0.39 is 32.1 Å². The van der Waals surface area contributed by atoms with E-state index in [1.54, 1.807) is 36.6 Å². The molecule has 37 heavy (non-hydrogen) atoms. The molecule has 0 fully saturated rings. The Kier molecular flexibility index (Phi) is 6.38. The van der Waals surface area contributed by atoms with Crippen LogP contribution in [0.3, 0.4) is 0 Å². The molecule has 0 aliphatic carbocycles. The number of fused-ring (bicyclic) bond motifs is 1. The number of benzene rings is 3. The number of sulfone groups is 1. The molecule has 0 amide bonds. The largest absolute Gasteiger partial charge is 0.337 e. The summed E-state index contributed by atoms with van der Waals surface area (Å²) in [6.07, 6.45) is 1.47. The standard InChI is InChI=1S/C27H25F2N5O2S/c1-16(2)37(35,36)23(14-30)34-15-31-21-12-11-18(13-22(21)34)26-25(17-7-4-3-5-8-17)32-27(33-26)24-19(28)9-6-10-20(24)29/h3-13,15-16,23H,14,30H2,1-2H3,(H,32,33). The van der Waals surface area contributed by atoms with Crippen molar-refractivity contribution in [1.29, 1.82) is 0 Å². The molecule has 0 radical (unpaired) electrons. The van der Waals surface area contributed by atoms with Crippen LogP contribution in [-0.4, -0.2) is 39.7 Å². The lowest BCUT2D eigenvalue weighted by Gasteiger charge is -2.20. The van der Waals surface area contributed by atoms with Crippen LogP contribution >= 0.6 is 0 Å². The number of halogens is 2. The number of aromatic amines is 1. The number of H-pyrrole nitrogens is 1. The van der Waals surface area contributed by atoms with Crippen LogP contribution in [0.15, 0.2) is 73.1 Å². The molecule has 5 aromatic rings. The Morgan fingerprint density at radius 2 is 1.68 bits per heavy atom. The first kappa shape index (κ1) is 24.8. The molecule has 0 aliphatic rings. The zero-order chi connectivity index (χ0) is 26.3. The van der Waals surface area contributed by atoms with Crippen LogP contribution in [0.1, 0.15) is 19.2 Å². The van der Waals surface area contributed by atoms with E-state index >= 15 is 0 Å². The van der Waals surface area contributed by atoms with Gasteiger partial charge in [-0.1, -0.05) is 42.5 Å². The molecule has 0 spiro atoms. The Bertz CT molecular complexity index is 1670. The summed E-state index contributed by atoms with van der Waals surface area (Å²) in [5, 5.41) is -1.63. The quantitative estimate of drug-likeness (QED) is 0.302. The summed E-state index contributed by atoms with van der Waals surface area (Å²) in [4.78, 5) is 12.1. The van der Waals surface area contributed by atoms with Gasteiger partial charge in [0, 0.05) is 17.7 Å². The van der Waals surface area contributed by atoms with Crippen molar-refractivity contribution in [2.75, 3.05) is 6.54 Å². The van der Waals surface area contributed by atoms with Crippen LogP contribution < -0.4 is 5.73 Å². The molecule has 2 aromatic heterocycles. The lowest BCUT2D eigenvalue weighted by atomic mass is 10.0. The summed E-state index contributed by atoms with van der Waals surface area (Å²) in [5.74, 6) is -1.43. The lowest BCUT2D eigenvalue weighted by molar-refractivity contribution is 0.544. The van der Waals surface area contributed by atoms with Crippen LogP contribution in [0.4, 0.5) is 8.78 Å². The second kappa shape index (κ2) is 9.53. The number of nitrogens with one attached hydrogen (secondary N) is 1. The zero-order valence-electron chi connectivity index (χ0n) is 20.2. The van der Waals surface area contributed by atoms with Gasteiger partial charge in [-0.05, 0) is 38.1 Å². The van der Waals surface area contributed by atoms with Crippen molar-refractivity contribution in [3.05, 3.63) is 84.7 Å². The van der Waals surface area contributed by atoms with Gasteiger partial charge in [0.1, 0.15) is 22.8 Å². The summed E-state index contributed by atoms with van der Waals surface area (Å²) < 4.78 is 56.8. The Balaban J connectivity index is 1.72. The number of nitrogens with two attached hydrogens (primary N) is 1. The number of hydrogen-bond donors (Lipinski definition) is 2. The molecule has 0 saturated heterocycles. The van der Waals surface area contributed by atoms with Crippen molar-refractivity contribution in [3.63, 3.8) is 0 Å². The van der Waals surface area contributed by atoms with Gasteiger partial charge in [0.25, 0.3) is 0 Å². The Morgan fingerprint density at radius 1 is 0.973 bits per heavy atom. The molecule has 10 heteroatoms. The summed E-state index contributed by atoms with van der Waals surface area (Å²) in [6.45, 7) is 3.11. The maximum atomic E-state index is 14.6. The first-order valence-electron chi connectivity index (χ1n) is 11.7. The molecule has 0 bridgehead atoms. The van der Waals surface area contributed by atoms with Crippen LogP contribution in [0.25, 0.3) is 44.9 Å². The van der Waals surface area contributed by atoms with E-state index in [4.69, 9.17) is 5.73 Å². The molecule has 3 aromatic carbocycles. The molecule has 0 saturated carbocycles. The predicted molar refractivity (Wildman–Crippen MR) is 140 cm³/mol. The Hall–Kier alpha value is -3.89. The second-order valence-electron chi connectivity index (χ2n) is 8.96. The first-order chi connectivity index (χ1) is 17.7. The molecule has 3 N–H and O–H groups in total. The summed E-state index contributed by atoms with van der Waals surface area (Å²) in [6, 6.07) is 18.3. The van der Waals surface area contributed by atoms with E-state index in [-0.39, 0.29) is 17.9 Å². The molecule has 5 rings (SSSR count). The summed E-state index contributed by atoms with van der Waals surface area (Å²) >= 11 is 0. The molecule has 1 atom stereocenters. The van der Waals surface area contributed by atoms with Crippen molar-refractivity contribution in [2.45, 2.75) is 24.5 Å². The van der Waals surface area contributed by atoms with Gasteiger partial charge in [0.05, 0.1) is 39.6 Å². The fourth-order valence-electron chi connectivity index (χ4n) is 4.36. The van der Waals surface area contributed by atoms with Gasteiger partial charge >= 0.3 is 0 Å². The van der Waals surface area contributed by atoms with Crippen molar-refractivity contribution in [2.24, 2.45) is 5.73 Å². The van der Waals surface area contributed by atoms with Crippen LogP contribution in [-0.2, 0) is 9.84 Å². The summed E-state index contributed by atoms with van der Waals surface area (Å²) in [7, 11) is -3.58. The van der Waals surface area contributed by atoms with Crippen LogP contribution in [0.5, 0.6) is 0 Å². The van der Waals surface area contributed by atoms with E-state index in [9.17, 15) is 17.2 Å². The van der Waals surface area contributed by atoms with E-state index in [2.05, 4.69) is 15.0 Å². The molecule has 1 unspecified atom stereocenters. The van der Waals surface area contributed by atoms with Gasteiger partial charge in [0.2, 0.25) is 0 Å². The van der Waals surface area contributed by atoms with Gasteiger partial charge in [-0.3, -0.25) is 0 Å². The topological polar surface area (TPSA) is 107 Å². The normalized spacial score (nSPS) is 12.9. The molecule has 7 nitrogen and oxygen atoms in total. The fourth-order valence-corrected chi connectivity index (χ4v) is 5.74. The second-order valence-corrected chi connectivity index (χ2v) is 11.6. The number of rotatable bonds is 7. The first-order valence-corrected chi connectivity index (χ1v) is 13.3. The van der Waals surface area contributed by atoms with Gasteiger partial charge in [-0.15, -0.1) is 0 Å². The number of nitrogens with zero attached hydrogens (tertiary/aromatic N) is 3. The smallest absolute Gasteiger partial charge is 0.175 e. The SMILES string of the molecule is CC(C)S(=O)(=O)C(CN)n1cnc2ccc(-c3nc(-c4c(F)cccc4F)[nH]c3-c3ccccc3)cc21.